The maximum Gasteiger partial charge on any atom is 0.337 e. The van der Waals surface area contributed by atoms with Crippen molar-refractivity contribution < 1.29 is 19.8 Å². The molecule has 1 aromatic rings. The van der Waals surface area contributed by atoms with Gasteiger partial charge in [-0.1, -0.05) is 18.6 Å². The van der Waals surface area contributed by atoms with Crippen LogP contribution in [0.1, 0.15) is 37.7 Å². The number of nitrogens with one attached hydrogen (secondary N) is 2. The quantitative estimate of drug-likeness (QED) is 0.666. The van der Waals surface area contributed by atoms with Gasteiger partial charge in [-0.15, -0.1) is 0 Å². The van der Waals surface area contributed by atoms with E-state index in [9.17, 15) is 14.7 Å². The van der Waals surface area contributed by atoms with Crippen LogP contribution in [-0.4, -0.2) is 34.4 Å². The Bertz CT molecular complexity index is 538. The number of carboxylic acids is 1. The van der Waals surface area contributed by atoms with Crippen LogP contribution >= 0.6 is 0 Å². The fourth-order valence-corrected chi connectivity index (χ4v) is 2.12. The van der Waals surface area contributed by atoms with Crippen molar-refractivity contribution in [3.8, 4) is 0 Å². The molecule has 1 fully saturated rings. The SMILES string of the molecule is CC(O)(CNC(=O)Nc1cccc(C2CCC2)c1)C(=O)O. The molecule has 2 rings (SSSR count). The first-order chi connectivity index (χ1) is 9.88. The van der Waals surface area contributed by atoms with Gasteiger partial charge in [-0.25, -0.2) is 9.59 Å². The second-order valence-electron chi connectivity index (χ2n) is 5.64. The average molecular weight is 292 g/mol. The summed E-state index contributed by atoms with van der Waals surface area (Å²) in [5.74, 6) is -0.808. The van der Waals surface area contributed by atoms with Gasteiger partial charge < -0.3 is 20.8 Å². The molecule has 0 bridgehead atoms. The first-order valence-electron chi connectivity index (χ1n) is 6.99. The Morgan fingerprint density at radius 2 is 2.10 bits per heavy atom. The van der Waals surface area contributed by atoms with Crippen molar-refractivity contribution in [3.05, 3.63) is 29.8 Å². The summed E-state index contributed by atoms with van der Waals surface area (Å²) in [6.07, 6.45) is 3.60. The Morgan fingerprint density at radius 3 is 2.67 bits per heavy atom. The lowest BCUT2D eigenvalue weighted by Crippen LogP contribution is -2.47. The van der Waals surface area contributed by atoms with E-state index in [2.05, 4.69) is 10.6 Å². The smallest absolute Gasteiger partial charge is 0.337 e. The van der Waals surface area contributed by atoms with Crippen molar-refractivity contribution in [1.82, 2.24) is 5.32 Å². The fourth-order valence-electron chi connectivity index (χ4n) is 2.12. The molecule has 0 saturated heterocycles. The molecule has 114 valence electrons. The van der Waals surface area contributed by atoms with Crippen molar-refractivity contribution in [2.75, 3.05) is 11.9 Å². The molecular weight excluding hydrogens is 272 g/mol. The topological polar surface area (TPSA) is 98.7 Å². The number of carbonyl (C=O) groups excluding carboxylic acids is 1. The highest BCUT2D eigenvalue weighted by atomic mass is 16.4. The molecule has 6 heteroatoms. The van der Waals surface area contributed by atoms with Gasteiger partial charge in [0.1, 0.15) is 0 Å². The summed E-state index contributed by atoms with van der Waals surface area (Å²) in [5, 5.41) is 23.3. The van der Waals surface area contributed by atoms with E-state index in [1.165, 1.54) is 24.8 Å². The third-order valence-corrected chi connectivity index (χ3v) is 3.77. The number of anilines is 1. The molecule has 6 nitrogen and oxygen atoms in total. The van der Waals surface area contributed by atoms with Crippen LogP contribution in [0.4, 0.5) is 10.5 Å². The van der Waals surface area contributed by atoms with Gasteiger partial charge in [0, 0.05) is 5.69 Å². The fraction of sp³-hybridized carbons (Fsp3) is 0.467. The molecule has 0 aliphatic heterocycles. The number of rotatable bonds is 5. The molecule has 1 saturated carbocycles. The Labute approximate surface area is 123 Å². The third kappa shape index (κ3) is 3.95. The second-order valence-corrected chi connectivity index (χ2v) is 5.64. The van der Waals surface area contributed by atoms with Crippen molar-refractivity contribution in [2.45, 2.75) is 37.7 Å². The number of hydrogen-bond donors (Lipinski definition) is 4. The van der Waals surface area contributed by atoms with E-state index in [0.717, 1.165) is 6.92 Å². The Hall–Kier alpha value is -2.08. The number of urea groups is 1. The number of benzene rings is 1. The molecule has 2 amide bonds. The standard InChI is InChI=1S/C15H20N2O4/c1-15(21,13(18)19)9-16-14(20)17-12-7-3-6-11(8-12)10-4-2-5-10/h3,6-8,10,21H,2,4-5,9H2,1H3,(H,18,19)(H2,16,17,20). The van der Waals surface area contributed by atoms with Crippen molar-refractivity contribution in [1.29, 1.82) is 0 Å². The number of carboxylic acid groups (broad SMARTS) is 1. The number of aliphatic hydroxyl groups is 1. The summed E-state index contributed by atoms with van der Waals surface area (Å²) >= 11 is 0. The van der Waals surface area contributed by atoms with Gasteiger partial charge in [0.25, 0.3) is 0 Å². The van der Waals surface area contributed by atoms with Crippen LogP contribution in [0.15, 0.2) is 24.3 Å². The summed E-state index contributed by atoms with van der Waals surface area (Å²) in [4.78, 5) is 22.4. The molecule has 0 aromatic heterocycles. The number of amides is 2. The molecule has 21 heavy (non-hydrogen) atoms. The van der Waals surface area contributed by atoms with Crippen LogP contribution in [0.2, 0.25) is 0 Å². The van der Waals surface area contributed by atoms with E-state index in [1.807, 2.05) is 18.2 Å². The summed E-state index contributed by atoms with van der Waals surface area (Å²) < 4.78 is 0. The second kappa shape index (κ2) is 6.13. The normalized spacial score (nSPS) is 17.4. The highest BCUT2D eigenvalue weighted by molar-refractivity contribution is 5.90. The molecule has 0 spiro atoms. The predicted octanol–water partition coefficient (Wildman–Crippen LogP) is 1.91. The number of aliphatic carboxylic acids is 1. The third-order valence-electron chi connectivity index (χ3n) is 3.77. The maximum absolute atomic E-state index is 11.7. The van der Waals surface area contributed by atoms with Crippen LogP contribution < -0.4 is 10.6 Å². The summed E-state index contributed by atoms with van der Waals surface area (Å²) in [6.45, 7) is 0.767. The van der Waals surface area contributed by atoms with Crippen LogP contribution in [0.5, 0.6) is 0 Å². The average Bonchev–Trinajstić information content (AvgIpc) is 2.35. The zero-order valence-corrected chi connectivity index (χ0v) is 11.9. The first kappa shape index (κ1) is 15.3. The highest BCUT2D eigenvalue weighted by Crippen LogP contribution is 2.36. The minimum atomic E-state index is -1.98. The summed E-state index contributed by atoms with van der Waals surface area (Å²) in [5.41, 5.74) is -0.117. The van der Waals surface area contributed by atoms with Gasteiger partial charge in [0.05, 0.1) is 6.54 Å². The summed E-state index contributed by atoms with van der Waals surface area (Å²) in [6, 6.07) is 7.09. The Kier molecular flexibility index (Phi) is 4.47. The minimum Gasteiger partial charge on any atom is -0.479 e. The lowest BCUT2D eigenvalue weighted by atomic mass is 9.80. The van der Waals surface area contributed by atoms with Gasteiger partial charge in [-0.3, -0.25) is 0 Å². The highest BCUT2D eigenvalue weighted by Gasteiger charge is 2.30. The molecule has 1 aliphatic carbocycles. The van der Waals surface area contributed by atoms with Gasteiger partial charge in [-0.05, 0) is 43.4 Å². The number of hydrogen-bond acceptors (Lipinski definition) is 3. The van der Waals surface area contributed by atoms with E-state index in [4.69, 9.17) is 5.11 Å². The zero-order chi connectivity index (χ0) is 15.5. The lowest BCUT2D eigenvalue weighted by molar-refractivity contribution is -0.155. The van der Waals surface area contributed by atoms with Crippen molar-refractivity contribution in [2.24, 2.45) is 0 Å². The lowest BCUT2D eigenvalue weighted by Gasteiger charge is -2.26. The molecule has 0 radical (unpaired) electrons. The molecule has 1 aliphatic rings. The van der Waals surface area contributed by atoms with E-state index in [0.29, 0.717) is 11.6 Å². The molecule has 4 N–H and O–H groups in total. The number of carbonyl (C=O) groups is 2. The summed E-state index contributed by atoms with van der Waals surface area (Å²) in [7, 11) is 0. The van der Waals surface area contributed by atoms with E-state index < -0.39 is 17.6 Å². The Morgan fingerprint density at radius 1 is 1.38 bits per heavy atom. The van der Waals surface area contributed by atoms with Crippen LogP contribution in [-0.2, 0) is 4.79 Å². The monoisotopic (exact) mass is 292 g/mol. The van der Waals surface area contributed by atoms with E-state index >= 15 is 0 Å². The van der Waals surface area contributed by atoms with Crippen LogP contribution in [0.3, 0.4) is 0 Å². The van der Waals surface area contributed by atoms with Crippen LogP contribution in [0.25, 0.3) is 0 Å². The molecule has 1 aromatic carbocycles. The van der Waals surface area contributed by atoms with Gasteiger partial charge >= 0.3 is 12.0 Å². The molecular formula is C15H20N2O4. The van der Waals surface area contributed by atoms with Gasteiger partial charge in [-0.2, -0.15) is 0 Å². The van der Waals surface area contributed by atoms with Crippen molar-refractivity contribution in [3.63, 3.8) is 0 Å². The largest absolute Gasteiger partial charge is 0.479 e. The first-order valence-corrected chi connectivity index (χ1v) is 6.99. The van der Waals surface area contributed by atoms with Gasteiger partial charge in [0.15, 0.2) is 5.60 Å². The molecule has 1 atom stereocenters. The Balaban J connectivity index is 1.89. The molecule has 1 unspecified atom stereocenters. The minimum absolute atomic E-state index is 0.365. The predicted molar refractivity (Wildman–Crippen MR) is 78.3 cm³/mol. The van der Waals surface area contributed by atoms with E-state index in [-0.39, 0.29) is 6.54 Å². The molecule has 0 heterocycles. The van der Waals surface area contributed by atoms with E-state index in [1.54, 1.807) is 6.07 Å². The zero-order valence-electron chi connectivity index (χ0n) is 11.9. The van der Waals surface area contributed by atoms with Crippen LogP contribution in [0, 0.1) is 0 Å². The van der Waals surface area contributed by atoms with Gasteiger partial charge in [0.2, 0.25) is 0 Å². The maximum atomic E-state index is 11.7. The van der Waals surface area contributed by atoms with Crippen molar-refractivity contribution >= 4 is 17.7 Å².